The van der Waals surface area contributed by atoms with E-state index in [4.69, 9.17) is 14.2 Å². The largest absolute Gasteiger partial charge is 0.462 e. The molecule has 0 amide bonds. The number of ether oxygens (including phenoxy) is 3. The van der Waals surface area contributed by atoms with E-state index in [1.54, 1.807) is 0 Å². The summed E-state index contributed by atoms with van der Waals surface area (Å²) in [5.74, 6) is -0.926. The average Bonchev–Trinajstić information content (AvgIpc) is 3.39. The number of carbonyl (C=O) groups is 3. The number of unbranched alkanes of at least 4 members (excludes halogenated alkanes) is 28. The zero-order valence-corrected chi connectivity index (χ0v) is 47.9. The maximum Gasteiger partial charge on any atom is 0.306 e. The number of rotatable bonds is 55. The minimum atomic E-state index is -0.798. The molecule has 0 bridgehead atoms. The van der Waals surface area contributed by atoms with Crippen LogP contribution in [0.1, 0.15) is 290 Å². The van der Waals surface area contributed by atoms with Crippen LogP contribution in [0, 0.1) is 0 Å². The minimum absolute atomic E-state index is 0.0923. The fourth-order valence-electron chi connectivity index (χ4n) is 8.44. The Morgan fingerprint density at radius 3 is 0.890 bits per heavy atom. The van der Waals surface area contributed by atoms with Crippen molar-refractivity contribution in [2.24, 2.45) is 0 Å². The van der Waals surface area contributed by atoms with Crippen molar-refractivity contribution in [2.45, 2.75) is 297 Å². The number of carbonyl (C=O) groups excluding carboxylic acids is 3. The van der Waals surface area contributed by atoms with E-state index in [1.807, 2.05) is 0 Å². The second kappa shape index (κ2) is 60.9. The monoisotopic (exact) mass is 1010 g/mol. The van der Waals surface area contributed by atoms with Crippen molar-refractivity contribution < 1.29 is 28.6 Å². The molecule has 418 valence electrons. The molecule has 0 aromatic carbocycles. The van der Waals surface area contributed by atoms with Gasteiger partial charge in [0.05, 0.1) is 0 Å². The van der Waals surface area contributed by atoms with Crippen LogP contribution < -0.4 is 0 Å². The van der Waals surface area contributed by atoms with Crippen LogP contribution in [0.15, 0.2) is 97.2 Å². The van der Waals surface area contributed by atoms with Gasteiger partial charge >= 0.3 is 17.9 Å². The molecule has 0 saturated heterocycles. The van der Waals surface area contributed by atoms with Crippen LogP contribution in [-0.2, 0) is 28.6 Å². The first kappa shape index (κ1) is 69.3. The van der Waals surface area contributed by atoms with Crippen LogP contribution in [0.5, 0.6) is 0 Å². The zero-order chi connectivity index (χ0) is 52.9. The smallest absolute Gasteiger partial charge is 0.306 e. The van der Waals surface area contributed by atoms with E-state index in [1.165, 1.54) is 116 Å². The Morgan fingerprint density at radius 1 is 0.288 bits per heavy atom. The van der Waals surface area contributed by atoms with Crippen LogP contribution in [0.4, 0.5) is 0 Å². The molecule has 6 nitrogen and oxygen atoms in total. The molecular weight excluding hydrogens is 901 g/mol. The Kier molecular flexibility index (Phi) is 57.8. The fraction of sp³-hybridized carbons (Fsp3) is 0.716. The van der Waals surface area contributed by atoms with Crippen molar-refractivity contribution >= 4 is 17.9 Å². The number of esters is 3. The predicted octanol–water partition coefficient (Wildman–Crippen LogP) is 20.9. The minimum Gasteiger partial charge on any atom is -0.462 e. The summed E-state index contributed by atoms with van der Waals surface area (Å²) < 4.78 is 16.9. The quantitative estimate of drug-likeness (QED) is 0.0261. The van der Waals surface area contributed by atoms with Gasteiger partial charge in [-0.15, -0.1) is 0 Å². The summed E-state index contributed by atoms with van der Waals surface area (Å²) in [4.78, 5) is 38.2. The molecule has 0 aliphatic heterocycles. The molecule has 73 heavy (non-hydrogen) atoms. The number of hydrogen-bond acceptors (Lipinski definition) is 6. The summed E-state index contributed by atoms with van der Waals surface area (Å²) in [6.45, 7) is 6.43. The standard InChI is InChI=1S/C67H114O6/c1-4-7-10-13-16-19-22-25-27-29-30-31-32-33-34-35-36-38-39-42-45-48-51-54-57-60-66(69)72-63-64(62-71-65(68)59-56-53-50-47-44-41-24-21-18-15-12-9-6-3)73-67(70)61-58-55-52-49-46-43-40-37-28-26-23-20-17-14-11-8-5-2/h8,11-12,15,17,20-22,24-26,28-30,40,43,64H,4-7,9-10,13-14,16,18-19,23,27,31-39,41-42,44-63H2,1-3H3/b11-8-,15-12-,20-17-,24-21-,25-22-,28-26-,30-29-,43-40-. The van der Waals surface area contributed by atoms with Crippen LogP contribution in [0.2, 0.25) is 0 Å². The third-order valence-corrected chi connectivity index (χ3v) is 13.0. The highest BCUT2D eigenvalue weighted by Crippen LogP contribution is 2.16. The predicted molar refractivity (Wildman–Crippen MR) is 316 cm³/mol. The lowest BCUT2D eigenvalue weighted by Gasteiger charge is -2.18. The van der Waals surface area contributed by atoms with Gasteiger partial charge in [-0.1, -0.05) is 253 Å². The molecule has 0 N–H and O–H groups in total. The van der Waals surface area contributed by atoms with Gasteiger partial charge in [0.2, 0.25) is 0 Å². The van der Waals surface area contributed by atoms with Crippen LogP contribution in [0.25, 0.3) is 0 Å². The molecule has 0 radical (unpaired) electrons. The van der Waals surface area contributed by atoms with Gasteiger partial charge < -0.3 is 14.2 Å². The van der Waals surface area contributed by atoms with E-state index in [0.717, 1.165) is 135 Å². The Morgan fingerprint density at radius 2 is 0.562 bits per heavy atom. The topological polar surface area (TPSA) is 78.9 Å². The SMILES string of the molecule is CC/C=C\C/C=C\C/C=C\C/C=C\CCCCCCC(=O)OC(COC(=O)CCCCCCC/C=C\C/C=C\CCC)COC(=O)CCCCCCCCCCCCCCC/C=C\C/C=C\CCCCCCC. The van der Waals surface area contributed by atoms with Gasteiger partial charge in [0.25, 0.3) is 0 Å². The molecule has 0 aliphatic carbocycles. The van der Waals surface area contributed by atoms with Gasteiger partial charge in [0.1, 0.15) is 13.2 Å². The van der Waals surface area contributed by atoms with E-state index >= 15 is 0 Å². The van der Waals surface area contributed by atoms with E-state index in [2.05, 4.69) is 118 Å². The summed E-state index contributed by atoms with van der Waals surface area (Å²) in [5.41, 5.74) is 0. The van der Waals surface area contributed by atoms with Crippen molar-refractivity contribution in [2.75, 3.05) is 13.2 Å². The van der Waals surface area contributed by atoms with E-state index in [-0.39, 0.29) is 31.1 Å². The summed E-state index contributed by atoms with van der Waals surface area (Å²) in [6.07, 6.45) is 81.2. The summed E-state index contributed by atoms with van der Waals surface area (Å²) in [7, 11) is 0. The molecule has 6 heteroatoms. The fourth-order valence-corrected chi connectivity index (χ4v) is 8.44. The maximum atomic E-state index is 12.9. The van der Waals surface area contributed by atoms with Crippen molar-refractivity contribution in [3.05, 3.63) is 97.2 Å². The average molecular weight is 1020 g/mol. The lowest BCUT2D eigenvalue weighted by molar-refractivity contribution is -0.167. The maximum absolute atomic E-state index is 12.9. The van der Waals surface area contributed by atoms with Gasteiger partial charge in [-0.2, -0.15) is 0 Å². The van der Waals surface area contributed by atoms with E-state index in [0.29, 0.717) is 19.3 Å². The molecule has 0 aromatic rings. The van der Waals surface area contributed by atoms with Gasteiger partial charge in [-0.25, -0.2) is 0 Å². The first-order valence-corrected chi connectivity index (χ1v) is 30.7. The van der Waals surface area contributed by atoms with Crippen LogP contribution in [0.3, 0.4) is 0 Å². The molecule has 0 saturated carbocycles. The molecule has 0 aromatic heterocycles. The zero-order valence-electron chi connectivity index (χ0n) is 47.9. The molecule has 0 heterocycles. The first-order chi connectivity index (χ1) is 36.0. The van der Waals surface area contributed by atoms with Gasteiger partial charge in [0.15, 0.2) is 6.10 Å². The summed E-state index contributed by atoms with van der Waals surface area (Å²) in [5, 5.41) is 0. The molecule has 1 unspecified atom stereocenters. The number of hydrogen-bond donors (Lipinski definition) is 0. The first-order valence-electron chi connectivity index (χ1n) is 30.7. The van der Waals surface area contributed by atoms with Gasteiger partial charge in [-0.05, 0) is 116 Å². The molecule has 0 spiro atoms. The third kappa shape index (κ3) is 59.1. The van der Waals surface area contributed by atoms with Crippen LogP contribution in [-0.4, -0.2) is 37.2 Å². The van der Waals surface area contributed by atoms with Crippen molar-refractivity contribution in [1.82, 2.24) is 0 Å². The van der Waals surface area contributed by atoms with Crippen molar-refractivity contribution in [3.63, 3.8) is 0 Å². The van der Waals surface area contributed by atoms with Gasteiger partial charge in [0, 0.05) is 19.3 Å². The van der Waals surface area contributed by atoms with Gasteiger partial charge in [-0.3, -0.25) is 14.4 Å². The lowest BCUT2D eigenvalue weighted by Crippen LogP contribution is -2.30. The summed E-state index contributed by atoms with van der Waals surface area (Å²) in [6, 6.07) is 0. The Bertz CT molecular complexity index is 1440. The lowest BCUT2D eigenvalue weighted by atomic mass is 10.0. The molecule has 0 fully saturated rings. The highest BCUT2D eigenvalue weighted by molar-refractivity contribution is 5.71. The van der Waals surface area contributed by atoms with E-state index in [9.17, 15) is 14.4 Å². The Balaban J connectivity index is 4.33. The normalized spacial score (nSPS) is 12.8. The highest BCUT2D eigenvalue weighted by Gasteiger charge is 2.19. The summed E-state index contributed by atoms with van der Waals surface area (Å²) >= 11 is 0. The van der Waals surface area contributed by atoms with E-state index < -0.39 is 6.10 Å². The third-order valence-electron chi connectivity index (χ3n) is 13.0. The Labute approximate surface area is 451 Å². The van der Waals surface area contributed by atoms with Crippen LogP contribution >= 0.6 is 0 Å². The molecule has 0 aliphatic rings. The van der Waals surface area contributed by atoms with Crippen molar-refractivity contribution in [1.29, 1.82) is 0 Å². The number of allylic oxidation sites excluding steroid dienone is 16. The van der Waals surface area contributed by atoms with Crippen molar-refractivity contribution in [3.8, 4) is 0 Å². The second-order valence-corrected chi connectivity index (χ2v) is 20.2. The molecule has 1 atom stereocenters. The molecule has 0 rings (SSSR count). The Hall–Kier alpha value is -3.67. The highest BCUT2D eigenvalue weighted by atomic mass is 16.6. The molecular formula is C67H114O6. The second-order valence-electron chi connectivity index (χ2n) is 20.2.